The minimum absolute atomic E-state index is 0.186. The zero-order valence-corrected chi connectivity index (χ0v) is 11.4. The molecule has 0 bridgehead atoms. The molecule has 0 aliphatic rings. The van der Waals surface area contributed by atoms with Gasteiger partial charge in [-0.3, -0.25) is 5.32 Å². The molecule has 6 nitrogen and oxygen atoms in total. The van der Waals surface area contributed by atoms with Crippen molar-refractivity contribution in [2.24, 2.45) is 0 Å². The minimum atomic E-state index is -4.66. The van der Waals surface area contributed by atoms with Gasteiger partial charge in [-0.05, 0) is 29.8 Å². The van der Waals surface area contributed by atoms with E-state index in [-0.39, 0.29) is 16.7 Å². The number of benzene rings is 1. The largest absolute Gasteiger partial charge is 0.465 e. The van der Waals surface area contributed by atoms with Gasteiger partial charge in [0.25, 0.3) is 0 Å². The average Bonchev–Trinajstić information content (AvgIpc) is 2.36. The van der Waals surface area contributed by atoms with Gasteiger partial charge < -0.3 is 10.4 Å². The third-order valence-corrected chi connectivity index (χ3v) is 2.62. The van der Waals surface area contributed by atoms with Crippen LogP contribution < -0.4 is 10.6 Å². The van der Waals surface area contributed by atoms with E-state index in [1.165, 1.54) is 24.3 Å². The van der Waals surface area contributed by atoms with Gasteiger partial charge in [0.15, 0.2) is 0 Å². The summed E-state index contributed by atoms with van der Waals surface area (Å²) in [6.45, 7) is 0. The van der Waals surface area contributed by atoms with Crippen LogP contribution in [0.4, 0.5) is 35.2 Å². The summed E-state index contributed by atoms with van der Waals surface area (Å²) < 4.78 is 38.6. The summed E-state index contributed by atoms with van der Waals surface area (Å²) in [7, 11) is 0. The second-order valence-electron chi connectivity index (χ2n) is 4.04. The Kier molecular flexibility index (Phi) is 4.36. The van der Waals surface area contributed by atoms with E-state index >= 15 is 0 Å². The van der Waals surface area contributed by atoms with E-state index in [2.05, 4.69) is 20.6 Å². The Morgan fingerprint density at radius 1 is 1.27 bits per heavy atom. The molecule has 0 spiro atoms. The minimum Gasteiger partial charge on any atom is -0.465 e. The highest BCUT2D eigenvalue weighted by molar-refractivity contribution is 6.28. The van der Waals surface area contributed by atoms with Crippen molar-refractivity contribution in [2.45, 2.75) is 6.18 Å². The lowest BCUT2D eigenvalue weighted by atomic mass is 10.2. The molecular formula is C12H8ClF3N4O2. The number of anilines is 3. The van der Waals surface area contributed by atoms with Crippen LogP contribution >= 0.6 is 11.6 Å². The van der Waals surface area contributed by atoms with E-state index in [9.17, 15) is 18.0 Å². The van der Waals surface area contributed by atoms with Crippen LogP contribution in [0.3, 0.4) is 0 Å². The van der Waals surface area contributed by atoms with Gasteiger partial charge >= 0.3 is 12.3 Å². The van der Waals surface area contributed by atoms with Crippen LogP contribution in [0.15, 0.2) is 30.5 Å². The molecule has 0 atom stereocenters. The number of aromatic nitrogens is 2. The van der Waals surface area contributed by atoms with Crippen molar-refractivity contribution in [1.82, 2.24) is 9.97 Å². The van der Waals surface area contributed by atoms with E-state index in [1.807, 2.05) is 0 Å². The second-order valence-corrected chi connectivity index (χ2v) is 4.37. The quantitative estimate of drug-likeness (QED) is 0.740. The molecule has 22 heavy (non-hydrogen) atoms. The monoisotopic (exact) mass is 332 g/mol. The molecule has 0 fully saturated rings. The Balaban J connectivity index is 2.34. The first-order valence-corrected chi connectivity index (χ1v) is 6.10. The molecule has 116 valence electrons. The number of hydrogen-bond donors (Lipinski definition) is 3. The highest BCUT2D eigenvalue weighted by Gasteiger charge is 2.35. The van der Waals surface area contributed by atoms with E-state index in [1.54, 1.807) is 0 Å². The van der Waals surface area contributed by atoms with Gasteiger partial charge in [-0.15, -0.1) is 0 Å². The normalized spacial score (nSPS) is 11.1. The van der Waals surface area contributed by atoms with Gasteiger partial charge in [0.1, 0.15) is 11.4 Å². The van der Waals surface area contributed by atoms with Crippen LogP contribution in [-0.2, 0) is 6.18 Å². The van der Waals surface area contributed by atoms with Crippen LogP contribution in [0, 0.1) is 0 Å². The number of carboxylic acid groups (broad SMARTS) is 1. The Hall–Kier alpha value is -2.55. The van der Waals surface area contributed by atoms with Crippen molar-refractivity contribution < 1.29 is 23.1 Å². The van der Waals surface area contributed by atoms with Crippen molar-refractivity contribution >= 4 is 34.9 Å². The third kappa shape index (κ3) is 3.98. The van der Waals surface area contributed by atoms with Crippen LogP contribution in [0.2, 0.25) is 5.28 Å². The number of nitrogens with one attached hydrogen (secondary N) is 2. The van der Waals surface area contributed by atoms with Crippen molar-refractivity contribution in [2.75, 3.05) is 10.6 Å². The summed E-state index contributed by atoms with van der Waals surface area (Å²) in [5.41, 5.74) is -0.703. The molecular weight excluding hydrogens is 325 g/mol. The molecule has 1 aromatic carbocycles. The molecule has 0 saturated heterocycles. The van der Waals surface area contributed by atoms with E-state index in [4.69, 9.17) is 16.7 Å². The molecule has 2 aromatic rings. The van der Waals surface area contributed by atoms with Gasteiger partial charge in [0, 0.05) is 17.6 Å². The summed E-state index contributed by atoms with van der Waals surface area (Å²) in [6, 6.07) is 5.66. The zero-order chi connectivity index (χ0) is 16.3. The molecule has 3 N–H and O–H groups in total. The molecule has 1 amide bonds. The van der Waals surface area contributed by atoms with Gasteiger partial charge in [-0.2, -0.15) is 18.2 Å². The molecule has 0 aliphatic heterocycles. The first-order valence-electron chi connectivity index (χ1n) is 5.72. The smallest absolute Gasteiger partial charge is 0.421 e. The fourth-order valence-electron chi connectivity index (χ4n) is 1.60. The maximum Gasteiger partial charge on any atom is 0.421 e. The predicted molar refractivity (Wildman–Crippen MR) is 73.4 cm³/mol. The molecule has 0 aliphatic carbocycles. The molecule has 1 aromatic heterocycles. The van der Waals surface area contributed by atoms with E-state index < -0.39 is 23.7 Å². The maximum atomic E-state index is 12.9. The van der Waals surface area contributed by atoms with Gasteiger partial charge in [0.2, 0.25) is 5.28 Å². The summed E-state index contributed by atoms with van der Waals surface area (Å²) in [6.07, 6.45) is -5.39. The van der Waals surface area contributed by atoms with Gasteiger partial charge in [-0.25, -0.2) is 9.78 Å². The number of nitrogens with zero attached hydrogens (tertiary/aromatic N) is 2. The SMILES string of the molecule is O=C(O)Nc1cccc(Nc2nc(Cl)ncc2C(F)(F)F)c1. The number of alkyl halides is 3. The van der Waals surface area contributed by atoms with Crippen molar-refractivity contribution in [1.29, 1.82) is 0 Å². The van der Waals surface area contributed by atoms with E-state index in [0.717, 1.165) is 0 Å². The first kappa shape index (κ1) is 15.8. The van der Waals surface area contributed by atoms with Crippen molar-refractivity contribution in [3.8, 4) is 0 Å². The first-order chi connectivity index (χ1) is 10.3. The standard InChI is InChI=1S/C12H8ClF3N4O2/c13-10-17-5-8(12(14,15)16)9(20-10)18-6-2-1-3-7(4-6)19-11(21)22/h1-5,19H,(H,21,22)(H,17,18,20). The third-order valence-electron chi connectivity index (χ3n) is 2.44. The lowest BCUT2D eigenvalue weighted by Crippen LogP contribution is -2.11. The Morgan fingerprint density at radius 3 is 2.59 bits per heavy atom. The van der Waals surface area contributed by atoms with E-state index in [0.29, 0.717) is 6.20 Å². The number of amides is 1. The molecule has 0 unspecified atom stereocenters. The molecule has 10 heteroatoms. The molecule has 1 heterocycles. The topological polar surface area (TPSA) is 87.1 Å². The highest BCUT2D eigenvalue weighted by Crippen LogP contribution is 2.35. The summed E-state index contributed by atoms with van der Waals surface area (Å²) in [5.74, 6) is -0.528. The summed E-state index contributed by atoms with van der Waals surface area (Å²) in [5, 5.41) is 12.8. The van der Waals surface area contributed by atoms with Gasteiger partial charge in [0.05, 0.1) is 0 Å². The Bertz CT molecular complexity index is 709. The van der Waals surface area contributed by atoms with Gasteiger partial charge in [-0.1, -0.05) is 6.07 Å². The van der Waals surface area contributed by atoms with Crippen LogP contribution in [-0.4, -0.2) is 21.2 Å². The molecule has 2 rings (SSSR count). The van der Waals surface area contributed by atoms with Crippen LogP contribution in [0.25, 0.3) is 0 Å². The molecule has 0 radical (unpaired) electrons. The van der Waals surface area contributed by atoms with Crippen LogP contribution in [0.5, 0.6) is 0 Å². The second kappa shape index (κ2) is 6.06. The van der Waals surface area contributed by atoms with Crippen molar-refractivity contribution in [3.05, 3.63) is 41.3 Å². The zero-order valence-electron chi connectivity index (χ0n) is 10.6. The summed E-state index contributed by atoms with van der Waals surface area (Å²) in [4.78, 5) is 17.4. The lowest BCUT2D eigenvalue weighted by Gasteiger charge is -2.13. The Labute approximate surface area is 127 Å². The lowest BCUT2D eigenvalue weighted by molar-refractivity contribution is -0.137. The number of rotatable bonds is 3. The van der Waals surface area contributed by atoms with Crippen LogP contribution in [0.1, 0.15) is 5.56 Å². The summed E-state index contributed by atoms with van der Waals surface area (Å²) >= 11 is 5.51. The molecule has 0 saturated carbocycles. The predicted octanol–water partition coefficient (Wildman–Crippen LogP) is 3.98. The highest BCUT2D eigenvalue weighted by atomic mass is 35.5. The number of hydrogen-bond acceptors (Lipinski definition) is 4. The average molecular weight is 333 g/mol. The number of carbonyl (C=O) groups is 1. The fraction of sp³-hybridized carbons (Fsp3) is 0.0833. The number of halogens is 4. The fourth-order valence-corrected chi connectivity index (χ4v) is 1.73. The Morgan fingerprint density at radius 2 is 1.95 bits per heavy atom. The van der Waals surface area contributed by atoms with Crippen molar-refractivity contribution in [3.63, 3.8) is 0 Å². The maximum absolute atomic E-state index is 12.9.